The molecule has 3 aliphatic heterocycles. The fourth-order valence-corrected chi connectivity index (χ4v) is 8.81. The number of piperidine rings is 1. The van der Waals surface area contributed by atoms with E-state index in [9.17, 15) is 19.0 Å². The number of aliphatic hydroxyl groups is 1. The Hall–Kier alpha value is -3.70. The number of nitrogens with zero attached hydrogens (tertiary/aromatic N) is 4. The van der Waals surface area contributed by atoms with Gasteiger partial charge in [0.25, 0.3) is 0 Å². The van der Waals surface area contributed by atoms with Crippen LogP contribution >= 0.6 is 0 Å². The van der Waals surface area contributed by atoms with E-state index in [1.54, 1.807) is 6.92 Å². The van der Waals surface area contributed by atoms with Crippen molar-refractivity contribution in [2.75, 3.05) is 37.7 Å². The normalized spacial score (nSPS) is 27.7. The molecule has 1 saturated carbocycles. The average Bonchev–Trinajstić information content (AvgIpc) is 3.63. The van der Waals surface area contributed by atoms with Crippen molar-refractivity contribution >= 4 is 27.5 Å². The van der Waals surface area contributed by atoms with Crippen molar-refractivity contribution in [2.24, 2.45) is 11.8 Å². The minimum Gasteiger partial charge on any atom is -0.508 e. The molecular formula is C35H36F4N4O3. The third-order valence-electron chi connectivity index (χ3n) is 10.8. The quantitative estimate of drug-likeness (QED) is 0.241. The Morgan fingerprint density at radius 1 is 1.04 bits per heavy atom. The van der Waals surface area contributed by atoms with Crippen molar-refractivity contribution in [3.8, 4) is 22.9 Å². The van der Waals surface area contributed by atoms with Crippen LogP contribution in [0.3, 0.4) is 0 Å². The molecule has 4 heterocycles. The number of phenols is 1. The number of ether oxygens (including phenoxy) is 1. The van der Waals surface area contributed by atoms with E-state index in [0.29, 0.717) is 49.1 Å². The van der Waals surface area contributed by atoms with Gasteiger partial charge in [-0.05, 0) is 90.7 Å². The number of benzene rings is 3. The van der Waals surface area contributed by atoms with Crippen LogP contribution in [0, 0.1) is 29.3 Å². The number of aliphatic hydroxyl groups excluding tert-OH is 1. The second-order valence-corrected chi connectivity index (χ2v) is 13.7. The van der Waals surface area contributed by atoms with Crippen molar-refractivity contribution < 1.29 is 32.5 Å². The van der Waals surface area contributed by atoms with E-state index in [0.717, 1.165) is 25.8 Å². The highest BCUT2D eigenvalue weighted by Gasteiger charge is 2.49. The van der Waals surface area contributed by atoms with Crippen LogP contribution < -0.4 is 9.64 Å². The SMILES string of the molecule is CCc1c(F)ccc2cc(O)cc(-c3c(F)cc4c(N5C[C@@H]6C[C@H](C5)[C@H](O)C6)nc(OC[C@@]56CCCN5C[C@H](F)C6)nc4c3F)c12. The van der Waals surface area contributed by atoms with Gasteiger partial charge in [-0.3, -0.25) is 4.90 Å². The van der Waals surface area contributed by atoms with Crippen LogP contribution in [0.1, 0.15) is 44.6 Å². The van der Waals surface area contributed by atoms with Crippen LogP contribution in [-0.4, -0.2) is 75.7 Å². The topological polar surface area (TPSA) is 82.0 Å². The van der Waals surface area contributed by atoms with E-state index in [4.69, 9.17) is 9.72 Å². The number of fused-ring (bicyclic) bond motifs is 5. The predicted molar refractivity (Wildman–Crippen MR) is 166 cm³/mol. The van der Waals surface area contributed by atoms with Crippen LogP contribution in [0.4, 0.5) is 23.4 Å². The summed E-state index contributed by atoms with van der Waals surface area (Å²) in [6.07, 6.45) is 2.43. The van der Waals surface area contributed by atoms with Gasteiger partial charge >= 0.3 is 6.01 Å². The van der Waals surface area contributed by atoms with Gasteiger partial charge in [-0.2, -0.15) is 9.97 Å². The lowest BCUT2D eigenvalue weighted by Crippen LogP contribution is -2.43. The van der Waals surface area contributed by atoms with Gasteiger partial charge in [-0.25, -0.2) is 17.6 Å². The van der Waals surface area contributed by atoms with E-state index in [-0.39, 0.29) is 58.7 Å². The Morgan fingerprint density at radius 3 is 2.70 bits per heavy atom. The monoisotopic (exact) mass is 636 g/mol. The molecule has 0 amide bonds. The fraction of sp³-hybridized carbons (Fsp3) is 0.486. The van der Waals surface area contributed by atoms with Gasteiger partial charge in [0.1, 0.15) is 41.5 Å². The smallest absolute Gasteiger partial charge is 0.319 e. The number of phenolic OH excluding ortho intramolecular Hbond substituents is 1. The summed E-state index contributed by atoms with van der Waals surface area (Å²) in [4.78, 5) is 13.2. The number of hydrogen-bond donors (Lipinski definition) is 2. The summed E-state index contributed by atoms with van der Waals surface area (Å²) in [6.45, 7) is 4.04. The van der Waals surface area contributed by atoms with Gasteiger partial charge in [0.2, 0.25) is 0 Å². The first-order chi connectivity index (χ1) is 22.1. The van der Waals surface area contributed by atoms with Gasteiger partial charge in [-0.15, -0.1) is 0 Å². The lowest BCUT2D eigenvalue weighted by molar-refractivity contribution is 0.107. The summed E-state index contributed by atoms with van der Waals surface area (Å²) in [5.74, 6) is -2.07. The number of aryl methyl sites for hydroxylation is 1. The molecule has 11 heteroatoms. The van der Waals surface area contributed by atoms with Crippen LogP contribution in [-0.2, 0) is 6.42 Å². The van der Waals surface area contributed by atoms with Crippen LogP contribution in [0.15, 0.2) is 30.3 Å². The molecular weight excluding hydrogens is 600 g/mol. The van der Waals surface area contributed by atoms with E-state index in [1.807, 2.05) is 4.90 Å². The second-order valence-electron chi connectivity index (χ2n) is 13.7. The summed E-state index contributed by atoms with van der Waals surface area (Å²) >= 11 is 0. The van der Waals surface area contributed by atoms with E-state index >= 15 is 8.78 Å². The molecule has 2 bridgehead atoms. The minimum atomic E-state index is -0.980. The van der Waals surface area contributed by atoms with Gasteiger partial charge in [-0.1, -0.05) is 13.0 Å². The maximum atomic E-state index is 16.9. The third-order valence-corrected chi connectivity index (χ3v) is 10.8. The first-order valence-electron chi connectivity index (χ1n) is 16.2. The number of alkyl halides is 1. The zero-order valence-electron chi connectivity index (χ0n) is 25.6. The summed E-state index contributed by atoms with van der Waals surface area (Å²) in [7, 11) is 0. The molecule has 8 rings (SSSR count). The summed E-state index contributed by atoms with van der Waals surface area (Å²) in [6, 6.07) is 6.55. The molecule has 5 atom stereocenters. The highest BCUT2D eigenvalue weighted by molar-refractivity contribution is 6.03. The molecule has 4 aromatic rings. The molecule has 242 valence electrons. The Labute approximate surface area is 263 Å². The maximum Gasteiger partial charge on any atom is 0.319 e. The second kappa shape index (κ2) is 10.9. The van der Waals surface area contributed by atoms with Crippen LogP contribution in [0.25, 0.3) is 32.8 Å². The largest absolute Gasteiger partial charge is 0.508 e. The Morgan fingerprint density at radius 2 is 1.89 bits per heavy atom. The average molecular weight is 637 g/mol. The summed E-state index contributed by atoms with van der Waals surface area (Å²) in [5.41, 5.74) is -0.791. The third kappa shape index (κ3) is 4.68. The van der Waals surface area contributed by atoms with E-state index in [2.05, 4.69) is 9.88 Å². The van der Waals surface area contributed by atoms with Crippen LogP contribution in [0.2, 0.25) is 0 Å². The lowest BCUT2D eigenvalue weighted by atomic mass is 9.91. The fourth-order valence-electron chi connectivity index (χ4n) is 8.81. The number of anilines is 1. The number of hydrogen-bond acceptors (Lipinski definition) is 7. The zero-order chi connectivity index (χ0) is 31.9. The van der Waals surface area contributed by atoms with Crippen LogP contribution in [0.5, 0.6) is 11.8 Å². The number of aromatic nitrogens is 2. The van der Waals surface area contributed by atoms with Gasteiger partial charge in [0, 0.05) is 37.4 Å². The first-order valence-corrected chi connectivity index (χ1v) is 16.2. The molecule has 7 nitrogen and oxygen atoms in total. The maximum absolute atomic E-state index is 16.9. The predicted octanol–water partition coefficient (Wildman–Crippen LogP) is 6.30. The van der Waals surface area contributed by atoms with Crippen molar-refractivity contribution in [1.29, 1.82) is 0 Å². The summed E-state index contributed by atoms with van der Waals surface area (Å²) in [5, 5.41) is 22.1. The molecule has 1 aromatic heterocycles. The number of halogens is 4. The molecule has 0 spiro atoms. The zero-order valence-corrected chi connectivity index (χ0v) is 25.6. The molecule has 2 N–H and O–H groups in total. The molecule has 0 unspecified atom stereocenters. The first kappa shape index (κ1) is 29.7. The highest BCUT2D eigenvalue weighted by atomic mass is 19.1. The molecule has 3 aromatic carbocycles. The molecule has 4 fully saturated rings. The molecule has 46 heavy (non-hydrogen) atoms. The lowest BCUT2D eigenvalue weighted by Gasteiger charge is -2.34. The Balaban J connectivity index is 1.30. The minimum absolute atomic E-state index is 0.00836. The van der Waals surface area contributed by atoms with Gasteiger partial charge in [0.15, 0.2) is 5.82 Å². The highest BCUT2D eigenvalue weighted by Crippen LogP contribution is 2.45. The molecule has 3 saturated heterocycles. The Kier molecular flexibility index (Phi) is 7.06. The van der Waals surface area contributed by atoms with E-state index in [1.165, 1.54) is 30.3 Å². The standard InChI is InChI=1S/C35H36F4N4O3/c1-2-23-26(37)5-4-19-10-22(44)11-24(29(19)23)30-27(38)12-25-32(31(30)39)40-34(46-17-35-6-3-7-43(35)16-21(36)13-35)41-33(25)42-14-18-8-20(15-42)28(45)9-18/h4-5,10-12,18,20-21,28,44-45H,2-3,6-9,13-17H2,1H3/t18-,20-,21-,28-,35+/m1/s1. The van der Waals surface area contributed by atoms with Crippen molar-refractivity contribution in [2.45, 2.75) is 63.3 Å². The van der Waals surface area contributed by atoms with Crippen molar-refractivity contribution in [1.82, 2.24) is 14.9 Å². The molecule has 1 aliphatic carbocycles. The van der Waals surface area contributed by atoms with Crippen molar-refractivity contribution in [3.63, 3.8) is 0 Å². The number of rotatable bonds is 6. The van der Waals surface area contributed by atoms with Crippen molar-refractivity contribution in [3.05, 3.63) is 53.3 Å². The number of aromatic hydroxyl groups is 1. The Bertz CT molecular complexity index is 1870. The van der Waals surface area contributed by atoms with Gasteiger partial charge in [0.05, 0.1) is 17.2 Å². The van der Waals surface area contributed by atoms with Gasteiger partial charge < -0.3 is 19.8 Å². The molecule has 0 radical (unpaired) electrons. The molecule has 4 aliphatic rings. The van der Waals surface area contributed by atoms with E-state index < -0.39 is 40.8 Å². The summed E-state index contributed by atoms with van der Waals surface area (Å²) < 4.78 is 68.8.